The molecular weight excluding hydrogens is 284 g/mol. The first kappa shape index (κ1) is 15.8. The summed E-state index contributed by atoms with van der Waals surface area (Å²) in [5.74, 6) is -2.74. The van der Waals surface area contributed by atoms with Crippen molar-refractivity contribution < 1.29 is 28.5 Å². The first-order chi connectivity index (χ1) is 9.97. The summed E-state index contributed by atoms with van der Waals surface area (Å²) in [4.78, 5) is 11.7. The van der Waals surface area contributed by atoms with Gasteiger partial charge in [0.25, 0.3) is 0 Å². The van der Waals surface area contributed by atoms with Gasteiger partial charge in [-0.25, -0.2) is 8.78 Å². The van der Waals surface area contributed by atoms with E-state index in [1.807, 2.05) is 0 Å². The fourth-order valence-corrected chi connectivity index (χ4v) is 2.17. The molecule has 7 heteroatoms. The minimum absolute atomic E-state index is 0.0699. The molecule has 2 rings (SSSR count). The average Bonchev–Trinajstić information content (AvgIpc) is 2.44. The molecule has 1 aliphatic rings. The van der Waals surface area contributed by atoms with Crippen LogP contribution in [0.15, 0.2) is 18.2 Å². The van der Waals surface area contributed by atoms with Crippen LogP contribution in [0.2, 0.25) is 0 Å². The number of benzene rings is 1. The zero-order valence-electron chi connectivity index (χ0n) is 11.3. The van der Waals surface area contributed by atoms with E-state index in [-0.39, 0.29) is 32.1 Å². The molecule has 0 saturated carbocycles. The number of hydrogen-bond acceptors (Lipinski definition) is 4. The lowest BCUT2D eigenvalue weighted by atomic mass is 9.96. The number of carbonyl (C=O) groups excluding carboxylic acids is 1. The maximum Gasteiger partial charge on any atom is 0.224 e. The Hall–Kier alpha value is -1.57. The zero-order valence-corrected chi connectivity index (χ0v) is 11.3. The summed E-state index contributed by atoms with van der Waals surface area (Å²) in [5.41, 5.74) is 0.354. The Balaban J connectivity index is 1.83. The molecule has 0 spiro atoms. The molecule has 5 nitrogen and oxygen atoms in total. The Morgan fingerprint density at radius 1 is 1.29 bits per heavy atom. The number of aliphatic hydroxyl groups excluding tert-OH is 2. The Morgan fingerprint density at radius 2 is 2.05 bits per heavy atom. The van der Waals surface area contributed by atoms with Crippen LogP contribution in [0.25, 0.3) is 0 Å². The smallest absolute Gasteiger partial charge is 0.224 e. The summed E-state index contributed by atoms with van der Waals surface area (Å²) >= 11 is 0. The van der Waals surface area contributed by atoms with E-state index >= 15 is 0 Å². The third kappa shape index (κ3) is 4.20. The van der Waals surface area contributed by atoms with Crippen LogP contribution < -0.4 is 5.32 Å². The van der Waals surface area contributed by atoms with Gasteiger partial charge in [-0.15, -0.1) is 0 Å². The highest BCUT2D eigenvalue weighted by atomic mass is 19.2. The van der Waals surface area contributed by atoms with Crippen molar-refractivity contribution in [3.63, 3.8) is 0 Å². The highest BCUT2D eigenvalue weighted by Crippen LogP contribution is 2.14. The molecule has 0 bridgehead atoms. The molecule has 1 heterocycles. The van der Waals surface area contributed by atoms with Gasteiger partial charge < -0.3 is 20.3 Å². The van der Waals surface area contributed by atoms with Crippen molar-refractivity contribution in [1.82, 2.24) is 5.32 Å². The summed E-state index contributed by atoms with van der Waals surface area (Å²) in [5, 5.41) is 21.8. The molecule has 0 aliphatic carbocycles. The Labute approximate surface area is 120 Å². The lowest BCUT2D eigenvalue weighted by molar-refractivity contribution is -0.127. The molecule has 3 N–H and O–H groups in total. The number of hydrogen-bond donors (Lipinski definition) is 3. The van der Waals surface area contributed by atoms with Crippen LogP contribution in [0.4, 0.5) is 8.78 Å². The number of halogens is 2. The molecular formula is C14H17F2NO4. The molecule has 21 heavy (non-hydrogen) atoms. The topological polar surface area (TPSA) is 78.8 Å². The van der Waals surface area contributed by atoms with Gasteiger partial charge in [-0.2, -0.15) is 0 Å². The van der Waals surface area contributed by atoms with Crippen LogP contribution in [0.5, 0.6) is 0 Å². The van der Waals surface area contributed by atoms with Crippen LogP contribution >= 0.6 is 0 Å². The first-order valence-electron chi connectivity index (χ1n) is 6.62. The molecule has 1 aromatic carbocycles. The predicted molar refractivity (Wildman–Crippen MR) is 69.4 cm³/mol. The predicted octanol–water partition coefficient (Wildman–Crippen LogP) is -0.00830. The number of aliphatic hydroxyl groups is 2. The largest absolute Gasteiger partial charge is 0.390 e. The Morgan fingerprint density at radius 3 is 2.76 bits per heavy atom. The lowest BCUT2D eigenvalue weighted by Gasteiger charge is -2.31. The van der Waals surface area contributed by atoms with E-state index in [9.17, 15) is 23.8 Å². The zero-order chi connectivity index (χ0) is 15.4. The van der Waals surface area contributed by atoms with Crippen molar-refractivity contribution in [2.75, 3.05) is 19.8 Å². The van der Waals surface area contributed by atoms with Gasteiger partial charge in [-0.05, 0) is 17.7 Å². The molecule has 1 fully saturated rings. The molecule has 1 amide bonds. The van der Waals surface area contributed by atoms with Crippen molar-refractivity contribution in [3.05, 3.63) is 35.4 Å². The van der Waals surface area contributed by atoms with Crippen molar-refractivity contribution in [3.8, 4) is 0 Å². The van der Waals surface area contributed by atoms with Gasteiger partial charge in [-0.3, -0.25) is 4.79 Å². The molecule has 1 aliphatic heterocycles. The third-order valence-corrected chi connectivity index (χ3v) is 3.41. The SMILES string of the molecule is O=C(Cc1ccc(F)c(F)c1)NC[C@@H]1COC[C@@H](O)[C@H]1O. The van der Waals surface area contributed by atoms with E-state index in [2.05, 4.69) is 5.32 Å². The number of amides is 1. The van der Waals surface area contributed by atoms with Crippen molar-refractivity contribution >= 4 is 5.91 Å². The lowest BCUT2D eigenvalue weighted by Crippen LogP contribution is -2.48. The third-order valence-electron chi connectivity index (χ3n) is 3.41. The van der Waals surface area contributed by atoms with Crippen LogP contribution in [-0.4, -0.2) is 48.1 Å². The highest BCUT2D eigenvalue weighted by molar-refractivity contribution is 5.78. The fraction of sp³-hybridized carbons (Fsp3) is 0.500. The summed E-state index contributed by atoms with van der Waals surface area (Å²) in [6.45, 7) is 0.449. The second-order valence-corrected chi connectivity index (χ2v) is 5.08. The van der Waals surface area contributed by atoms with Crippen LogP contribution in [0.1, 0.15) is 5.56 Å². The van der Waals surface area contributed by atoms with Gasteiger partial charge in [0, 0.05) is 12.5 Å². The second kappa shape index (κ2) is 6.93. The number of carbonyl (C=O) groups is 1. The second-order valence-electron chi connectivity index (χ2n) is 5.08. The summed E-state index contributed by atoms with van der Waals surface area (Å²) in [6, 6.07) is 3.27. The molecule has 1 saturated heterocycles. The van der Waals surface area contributed by atoms with Gasteiger partial charge >= 0.3 is 0 Å². The molecule has 116 valence electrons. The van der Waals surface area contributed by atoms with Crippen molar-refractivity contribution in [2.24, 2.45) is 5.92 Å². The monoisotopic (exact) mass is 301 g/mol. The van der Waals surface area contributed by atoms with Gasteiger partial charge in [-0.1, -0.05) is 6.07 Å². The maximum absolute atomic E-state index is 13.0. The Kier molecular flexibility index (Phi) is 5.22. The summed E-state index contributed by atoms with van der Waals surface area (Å²) in [6.07, 6.45) is -2.02. The van der Waals surface area contributed by atoms with Crippen LogP contribution in [-0.2, 0) is 16.0 Å². The van der Waals surface area contributed by atoms with Crippen molar-refractivity contribution in [2.45, 2.75) is 18.6 Å². The molecule has 0 unspecified atom stereocenters. The highest BCUT2D eigenvalue weighted by Gasteiger charge is 2.31. The summed E-state index contributed by atoms with van der Waals surface area (Å²) < 4.78 is 30.9. The number of nitrogens with one attached hydrogen (secondary N) is 1. The standard InChI is InChI=1S/C14H17F2NO4/c15-10-2-1-8(3-11(10)16)4-13(19)17-5-9-6-21-7-12(18)14(9)20/h1-3,9,12,14,18,20H,4-7H2,(H,17,19)/t9-,12-,14+/m1/s1. The van der Waals surface area contributed by atoms with E-state index in [4.69, 9.17) is 4.74 Å². The van der Waals surface area contributed by atoms with E-state index in [0.717, 1.165) is 12.1 Å². The number of rotatable bonds is 4. The summed E-state index contributed by atoms with van der Waals surface area (Å²) in [7, 11) is 0. The normalized spacial score (nSPS) is 25.6. The van der Waals surface area contributed by atoms with Crippen LogP contribution in [0.3, 0.4) is 0 Å². The molecule has 0 aromatic heterocycles. The Bertz CT molecular complexity index is 512. The molecule has 0 radical (unpaired) electrons. The first-order valence-corrected chi connectivity index (χ1v) is 6.62. The van der Waals surface area contributed by atoms with Gasteiger partial charge in [0.1, 0.15) is 6.10 Å². The van der Waals surface area contributed by atoms with E-state index in [0.29, 0.717) is 5.56 Å². The fourth-order valence-electron chi connectivity index (χ4n) is 2.17. The average molecular weight is 301 g/mol. The number of ether oxygens (including phenoxy) is 1. The van der Waals surface area contributed by atoms with E-state index in [1.165, 1.54) is 6.07 Å². The van der Waals surface area contributed by atoms with E-state index in [1.54, 1.807) is 0 Å². The van der Waals surface area contributed by atoms with Gasteiger partial charge in [0.2, 0.25) is 5.91 Å². The van der Waals surface area contributed by atoms with Gasteiger partial charge in [0.15, 0.2) is 11.6 Å². The quantitative estimate of drug-likeness (QED) is 0.731. The molecule has 1 aromatic rings. The van der Waals surface area contributed by atoms with Gasteiger partial charge in [0.05, 0.1) is 25.7 Å². The van der Waals surface area contributed by atoms with Crippen LogP contribution in [0, 0.1) is 17.6 Å². The maximum atomic E-state index is 13.0. The minimum atomic E-state index is -1.00. The molecule has 3 atom stereocenters. The van der Waals surface area contributed by atoms with E-state index < -0.39 is 29.8 Å². The minimum Gasteiger partial charge on any atom is -0.390 e. The van der Waals surface area contributed by atoms with Crippen molar-refractivity contribution in [1.29, 1.82) is 0 Å².